The van der Waals surface area contributed by atoms with Crippen LogP contribution in [0.2, 0.25) is 0 Å². The Labute approximate surface area is 190 Å². The topological polar surface area (TPSA) is 50.7 Å². The van der Waals surface area contributed by atoms with Gasteiger partial charge >= 0.3 is 25.2 Å². The molecule has 1 heterocycles. The number of benzene rings is 1. The molecule has 1 N–H and O–H groups in total. The van der Waals surface area contributed by atoms with Gasteiger partial charge in [-0.15, -0.1) is 0 Å². The number of hydrogen-bond acceptors (Lipinski definition) is 4. The van der Waals surface area contributed by atoms with Gasteiger partial charge in [-0.3, -0.25) is 0 Å². The number of carbonyl (C=O) groups is 1. The van der Waals surface area contributed by atoms with Gasteiger partial charge in [0.25, 0.3) is 0 Å². The lowest BCUT2D eigenvalue weighted by molar-refractivity contribution is -0.369. The molecule has 1 aliphatic rings. The third kappa shape index (κ3) is 5.01. The van der Waals surface area contributed by atoms with Crippen LogP contribution in [0.1, 0.15) is 66.4 Å². The monoisotopic (exact) mass is 477 g/mol. The molecule has 183 valence electrons. The number of nitrogens with one attached hydrogen (secondary N) is 1. The molecule has 2 rings (SSSR count). The fourth-order valence-corrected chi connectivity index (χ4v) is 3.35. The molecule has 1 aromatic rings. The maximum Gasteiger partial charge on any atom is 0.442 e. The van der Waals surface area contributed by atoms with E-state index in [2.05, 4.69) is 15.0 Å². The average Bonchev–Trinajstić information content (AvgIpc) is 2.70. The van der Waals surface area contributed by atoms with Gasteiger partial charge in [0.1, 0.15) is 11.5 Å². The molecule has 11 heteroatoms. The molecule has 33 heavy (non-hydrogen) atoms. The second-order valence-electron chi connectivity index (χ2n) is 9.10. The van der Waals surface area contributed by atoms with Crippen molar-refractivity contribution in [3.05, 3.63) is 23.8 Å². The molecule has 0 fully saturated rings. The summed E-state index contributed by atoms with van der Waals surface area (Å²) in [5, 5.41) is 2.94. The Balaban J connectivity index is 2.70. The number of halogens is 6. The smallest absolute Gasteiger partial charge is 0.442 e. The van der Waals surface area contributed by atoms with Crippen molar-refractivity contribution < 1.29 is 35.9 Å². The highest BCUT2D eigenvalue weighted by Gasteiger charge is 2.76. The van der Waals surface area contributed by atoms with Crippen molar-refractivity contribution >= 4 is 30.1 Å². The summed E-state index contributed by atoms with van der Waals surface area (Å²) in [5.74, 6) is -1.02. The Morgan fingerprint density at radius 1 is 1.00 bits per heavy atom. The van der Waals surface area contributed by atoms with Crippen molar-refractivity contribution in [3.63, 3.8) is 0 Å². The highest BCUT2D eigenvalue weighted by molar-refractivity contribution is 6.97. The van der Waals surface area contributed by atoms with Crippen LogP contribution in [0.5, 0.6) is 0 Å². The van der Waals surface area contributed by atoms with Crippen molar-refractivity contribution in [2.45, 2.75) is 84.3 Å². The van der Waals surface area contributed by atoms with E-state index in [1.807, 2.05) is 6.92 Å². The largest absolute Gasteiger partial charge is 0.460 e. The molecule has 0 unspecified atom stereocenters. The van der Waals surface area contributed by atoms with E-state index in [4.69, 9.17) is 0 Å². The summed E-state index contributed by atoms with van der Waals surface area (Å²) >= 11 is 0. The summed E-state index contributed by atoms with van der Waals surface area (Å²) in [6.07, 6.45) is -10.5. The highest BCUT2D eigenvalue weighted by atomic mass is 19.4. The van der Waals surface area contributed by atoms with Crippen molar-refractivity contribution in [1.29, 1.82) is 0 Å². The van der Waals surface area contributed by atoms with Gasteiger partial charge in [-0.1, -0.05) is 27.7 Å². The molecule has 0 aliphatic carbocycles. The first kappa shape index (κ1) is 27.1. The number of fused-ring (bicyclic) bond motifs is 1. The van der Waals surface area contributed by atoms with Gasteiger partial charge in [0.15, 0.2) is 0 Å². The molecule has 0 spiro atoms. The lowest BCUT2D eigenvalue weighted by atomic mass is 9.59. The van der Waals surface area contributed by atoms with E-state index in [-0.39, 0.29) is 5.69 Å². The van der Waals surface area contributed by atoms with Gasteiger partial charge in [-0.05, 0) is 51.3 Å². The van der Waals surface area contributed by atoms with Crippen molar-refractivity contribution in [3.8, 4) is 0 Å². The zero-order valence-corrected chi connectivity index (χ0v) is 19.5. The van der Waals surface area contributed by atoms with E-state index in [0.717, 1.165) is 12.1 Å². The molecular weight excluding hydrogens is 449 g/mol. The predicted octanol–water partition coefficient (Wildman–Crippen LogP) is 6.68. The number of hydrogen-bond donors (Lipinski definition) is 1. The SMILES string of the molecule is CCC(C)(C)Nc1ccc2c(c1)C(C(F)(F)F)(C(F)(F)F)OC([B]C(=O)C(C)(CC)CC)=N2. The molecule has 1 aliphatic heterocycles. The lowest BCUT2D eigenvalue weighted by Gasteiger charge is -2.41. The minimum Gasteiger partial charge on any atom is -0.460 e. The molecule has 1 radical (unpaired) electrons. The van der Waals surface area contributed by atoms with E-state index in [0.29, 0.717) is 26.5 Å². The number of ether oxygens (including phenoxy) is 1. The van der Waals surface area contributed by atoms with Crippen LogP contribution >= 0.6 is 0 Å². The van der Waals surface area contributed by atoms with Gasteiger partial charge in [0.2, 0.25) is 0 Å². The third-order valence-corrected chi connectivity index (χ3v) is 6.44. The normalized spacial score (nSPS) is 16.4. The van der Waals surface area contributed by atoms with Gasteiger partial charge in [-0.25, -0.2) is 4.99 Å². The van der Waals surface area contributed by atoms with Crippen LogP contribution < -0.4 is 5.32 Å². The second kappa shape index (κ2) is 8.87. The van der Waals surface area contributed by atoms with Crippen LogP contribution in [0.15, 0.2) is 23.2 Å². The van der Waals surface area contributed by atoms with E-state index >= 15 is 0 Å². The first-order valence-corrected chi connectivity index (χ1v) is 10.7. The first-order chi connectivity index (χ1) is 15.0. The predicted molar refractivity (Wildman–Crippen MR) is 116 cm³/mol. The van der Waals surface area contributed by atoms with E-state index in [1.165, 1.54) is 6.07 Å². The number of aliphatic imine (C=N–C) groups is 1. The molecule has 0 saturated carbocycles. The van der Waals surface area contributed by atoms with E-state index < -0.39 is 51.6 Å². The number of rotatable bonds is 8. The molecule has 4 nitrogen and oxygen atoms in total. The zero-order valence-electron chi connectivity index (χ0n) is 19.5. The van der Waals surface area contributed by atoms with Crippen LogP contribution in [-0.4, -0.2) is 36.7 Å². The summed E-state index contributed by atoms with van der Waals surface area (Å²) < 4.78 is 89.6. The summed E-state index contributed by atoms with van der Waals surface area (Å²) in [4.78, 5) is 16.5. The highest BCUT2D eigenvalue weighted by Crippen LogP contribution is 2.57. The summed E-state index contributed by atoms with van der Waals surface area (Å²) in [5.41, 5.74) is -8.57. The average molecular weight is 477 g/mol. The Hall–Kier alpha value is -2.20. The lowest BCUT2D eigenvalue weighted by Crippen LogP contribution is -2.59. The summed E-state index contributed by atoms with van der Waals surface area (Å²) in [6.45, 7) is 10.3. The van der Waals surface area contributed by atoms with Crippen LogP contribution in [0.25, 0.3) is 0 Å². The molecule has 0 aromatic heterocycles. The summed E-state index contributed by atoms with van der Waals surface area (Å²) in [7, 11) is 0.633. The Kier molecular flexibility index (Phi) is 7.27. The Morgan fingerprint density at radius 3 is 2.00 bits per heavy atom. The van der Waals surface area contributed by atoms with Crippen LogP contribution in [0, 0.1) is 5.41 Å². The summed E-state index contributed by atoms with van der Waals surface area (Å²) in [6, 6.07) is 3.18. The van der Waals surface area contributed by atoms with Gasteiger partial charge in [-0.2, -0.15) is 26.3 Å². The Morgan fingerprint density at radius 2 is 1.55 bits per heavy atom. The molecule has 0 atom stereocenters. The van der Waals surface area contributed by atoms with Crippen LogP contribution in [0.3, 0.4) is 0 Å². The molecule has 0 amide bonds. The fraction of sp³-hybridized carbons (Fsp3) is 0.636. The minimum atomic E-state index is -5.88. The van der Waals surface area contributed by atoms with Crippen LogP contribution in [0.4, 0.5) is 37.7 Å². The molecule has 0 saturated heterocycles. The quantitative estimate of drug-likeness (QED) is 0.336. The first-order valence-electron chi connectivity index (χ1n) is 10.7. The number of anilines is 1. The van der Waals surface area contributed by atoms with E-state index in [1.54, 1.807) is 34.6 Å². The van der Waals surface area contributed by atoms with Crippen molar-refractivity contribution in [2.24, 2.45) is 10.4 Å². The third-order valence-electron chi connectivity index (χ3n) is 6.44. The second-order valence-corrected chi connectivity index (χ2v) is 9.10. The van der Waals surface area contributed by atoms with Gasteiger partial charge in [0.05, 0.1) is 5.69 Å². The minimum absolute atomic E-state index is 0.0605. The fourth-order valence-electron chi connectivity index (χ4n) is 3.35. The maximum atomic E-state index is 14.2. The standard InChI is InChI=1S/C22H28BF6N2O2/c1-7-18(4,5)31-13-10-11-15-14(12-13)20(21(24,25)26,22(27,28)29)33-17(30-15)23-16(32)19(6,8-2)9-3/h10-12,31H,7-9H2,1-6H3. The number of carbonyl (C=O) groups excluding carboxylic acids is 1. The van der Waals surface area contributed by atoms with Gasteiger partial charge in [0, 0.05) is 22.2 Å². The van der Waals surface area contributed by atoms with Gasteiger partial charge < -0.3 is 14.8 Å². The Bertz CT molecular complexity index is 906. The van der Waals surface area contributed by atoms with Crippen LogP contribution in [-0.2, 0) is 15.1 Å². The molecular formula is C22H28BF6N2O2. The maximum absolute atomic E-state index is 14.2. The number of alkyl halides is 6. The zero-order chi connectivity index (χ0) is 25.5. The van der Waals surface area contributed by atoms with Crippen molar-refractivity contribution in [1.82, 2.24) is 0 Å². The van der Waals surface area contributed by atoms with Crippen molar-refractivity contribution in [2.75, 3.05) is 5.32 Å². The molecule has 1 aromatic carbocycles. The van der Waals surface area contributed by atoms with E-state index in [9.17, 15) is 31.1 Å². The number of nitrogens with zero attached hydrogens (tertiary/aromatic N) is 1. The molecule has 0 bridgehead atoms.